The average molecular weight is 372 g/mol. The van der Waals surface area contributed by atoms with Crippen molar-refractivity contribution < 1.29 is 9.59 Å². The van der Waals surface area contributed by atoms with Crippen LogP contribution in [0.2, 0.25) is 0 Å². The molecule has 0 bridgehead atoms. The predicted molar refractivity (Wildman–Crippen MR) is 109 cm³/mol. The van der Waals surface area contributed by atoms with E-state index in [9.17, 15) is 9.59 Å². The van der Waals surface area contributed by atoms with Crippen LogP contribution in [0, 0.1) is 13.8 Å². The first-order chi connectivity index (χ1) is 13.5. The average Bonchev–Trinajstić information content (AvgIpc) is 3.09. The van der Waals surface area contributed by atoms with Crippen molar-refractivity contribution in [2.24, 2.45) is 0 Å². The van der Waals surface area contributed by atoms with Crippen LogP contribution in [0.1, 0.15) is 27.2 Å². The quantitative estimate of drug-likeness (QED) is 0.482. The maximum Gasteiger partial charge on any atom is 0.271 e. The third-order valence-corrected chi connectivity index (χ3v) is 4.75. The van der Waals surface area contributed by atoms with Crippen molar-refractivity contribution in [3.63, 3.8) is 0 Å². The predicted octanol–water partition coefficient (Wildman–Crippen LogP) is 3.34. The molecular weight excluding hydrogens is 352 g/mol. The first kappa shape index (κ1) is 17.7. The van der Waals surface area contributed by atoms with Crippen LogP contribution in [0.4, 0.5) is 0 Å². The molecule has 3 N–H and O–H groups in total. The highest BCUT2D eigenvalue weighted by atomic mass is 16.2. The van der Waals surface area contributed by atoms with Crippen LogP contribution in [0.25, 0.3) is 21.8 Å². The van der Waals surface area contributed by atoms with Crippen molar-refractivity contribution in [3.05, 3.63) is 77.1 Å². The molecule has 2 amide bonds. The van der Waals surface area contributed by atoms with Crippen LogP contribution in [0.3, 0.4) is 0 Å². The summed E-state index contributed by atoms with van der Waals surface area (Å²) in [6.07, 6.45) is 1.98. The molecule has 0 saturated heterocycles. The smallest absolute Gasteiger partial charge is 0.271 e. The Morgan fingerprint density at radius 2 is 1.86 bits per heavy atom. The van der Waals surface area contributed by atoms with E-state index in [2.05, 4.69) is 20.8 Å². The Morgan fingerprint density at radius 1 is 1.04 bits per heavy atom. The molecule has 2 aromatic heterocycles. The molecule has 0 aliphatic heterocycles. The van der Waals surface area contributed by atoms with Gasteiger partial charge in [-0.3, -0.25) is 25.4 Å². The summed E-state index contributed by atoms with van der Waals surface area (Å²) >= 11 is 0. The zero-order valence-electron chi connectivity index (χ0n) is 15.7. The lowest BCUT2D eigenvalue weighted by Crippen LogP contribution is -2.42. The molecule has 0 saturated carbocycles. The number of carbonyl (C=O) groups is 2. The third kappa shape index (κ3) is 3.44. The van der Waals surface area contributed by atoms with E-state index >= 15 is 0 Å². The minimum Gasteiger partial charge on any atom is -0.361 e. The van der Waals surface area contributed by atoms with Crippen molar-refractivity contribution in [1.82, 2.24) is 20.8 Å². The van der Waals surface area contributed by atoms with Crippen molar-refractivity contribution in [2.45, 2.75) is 20.3 Å². The summed E-state index contributed by atoms with van der Waals surface area (Å²) in [6.45, 7) is 3.77. The molecule has 2 aromatic carbocycles. The normalized spacial score (nSPS) is 10.9. The number of fused-ring (bicyclic) bond motifs is 2. The third-order valence-electron chi connectivity index (χ3n) is 4.75. The van der Waals surface area contributed by atoms with Gasteiger partial charge in [-0.1, -0.05) is 29.8 Å². The molecule has 0 atom stereocenters. The van der Waals surface area contributed by atoms with Gasteiger partial charge in [0.15, 0.2) is 0 Å². The summed E-state index contributed by atoms with van der Waals surface area (Å²) in [5.41, 5.74) is 9.81. The number of aromatic nitrogens is 2. The first-order valence-electron chi connectivity index (χ1n) is 9.03. The Hall–Kier alpha value is -3.67. The van der Waals surface area contributed by atoms with E-state index in [4.69, 9.17) is 0 Å². The Labute approximate surface area is 161 Å². The molecule has 4 rings (SSSR count). The summed E-state index contributed by atoms with van der Waals surface area (Å²) in [5, 5.41) is 1.88. The second-order valence-electron chi connectivity index (χ2n) is 6.86. The van der Waals surface area contributed by atoms with Gasteiger partial charge in [0.1, 0.15) is 0 Å². The molecule has 0 aliphatic rings. The minimum atomic E-state index is -0.388. The Balaban J connectivity index is 1.46. The number of nitrogens with zero attached hydrogens (tertiary/aromatic N) is 1. The molecular formula is C22H20N4O2. The molecule has 6 heteroatoms. The largest absolute Gasteiger partial charge is 0.361 e. The standard InChI is InChI=1S/C22H20N4O2/c1-13-7-8-19-15(9-13)10-18(14(2)24-19)22(28)26-25-21(27)11-16-12-23-20-6-4-3-5-17(16)20/h3-10,12,23H,11H2,1-2H3,(H,25,27)(H,26,28). The van der Waals surface area contributed by atoms with E-state index in [0.717, 1.165) is 32.9 Å². The van der Waals surface area contributed by atoms with Crippen LogP contribution in [0.5, 0.6) is 0 Å². The monoisotopic (exact) mass is 372 g/mol. The van der Waals surface area contributed by atoms with E-state index in [1.54, 1.807) is 13.0 Å². The summed E-state index contributed by atoms with van der Waals surface area (Å²) in [6, 6.07) is 15.5. The fourth-order valence-electron chi connectivity index (χ4n) is 3.31. The van der Waals surface area contributed by atoms with Gasteiger partial charge in [0, 0.05) is 22.5 Å². The van der Waals surface area contributed by atoms with Gasteiger partial charge in [-0.05, 0) is 43.7 Å². The topological polar surface area (TPSA) is 86.9 Å². The number of para-hydroxylation sites is 1. The fourth-order valence-corrected chi connectivity index (χ4v) is 3.31. The van der Waals surface area contributed by atoms with Gasteiger partial charge < -0.3 is 4.98 Å². The number of hydrogen-bond acceptors (Lipinski definition) is 3. The van der Waals surface area contributed by atoms with Crippen LogP contribution in [0.15, 0.2) is 54.7 Å². The number of hydrogen-bond donors (Lipinski definition) is 3. The first-order valence-corrected chi connectivity index (χ1v) is 9.03. The van der Waals surface area contributed by atoms with E-state index < -0.39 is 0 Å². The van der Waals surface area contributed by atoms with Crippen molar-refractivity contribution in [2.75, 3.05) is 0 Å². The number of aryl methyl sites for hydroxylation is 2. The Bertz CT molecular complexity index is 1210. The lowest BCUT2D eigenvalue weighted by molar-refractivity contribution is -0.121. The number of H-pyrrole nitrogens is 1. The highest BCUT2D eigenvalue weighted by Gasteiger charge is 2.14. The molecule has 4 aromatic rings. The maximum absolute atomic E-state index is 12.5. The number of amides is 2. The van der Waals surface area contributed by atoms with Crippen LogP contribution in [-0.4, -0.2) is 21.8 Å². The van der Waals surface area contributed by atoms with Gasteiger partial charge >= 0.3 is 0 Å². The molecule has 0 spiro atoms. The van der Waals surface area contributed by atoms with Crippen molar-refractivity contribution in [3.8, 4) is 0 Å². The second kappa shape index (κ2) is 7.15. The van der Waals surface area contributed by atoms with E-state index in [1.165, 1.54) is 0 Å². The van der Waals surface area contributed by atoms with Crippen molar-refractivity contribution in [1.29, 1.82) is 0 Å². The number of aromatic amines is 1. The van der Waals surface area contributed by atoms with Crippen LogP contribution < -0.4 is 10.9 Å². The number of carbonyl (C=O) groups excluding carboxylic acids is 2. The summed E-state index contributed by atoms with van der Waals surface area (Å²) in [4.78, 5) is 32.4. The maximum atomic E-state index is 12.5. The van der Waals surface area contributed by atoms with Gasteiger partial charge in [0.25, 0.3) is 5.91 Å². The Morgan fingerprint density at radius 3 is 2.71 bits per heavy atom. The fraction of sp³-hybridized carbons (Fsp3) is 0.136. The number of pyridine rings is 1. The molecule has 0 aliphatic carbocycles. The van der Waals surface area contributed by atoms with Gasteiger partial charge in [-0.25, -0.2) is 0 Å². The highest BCUT2D eigenvalue weighted by molar-refractivity contribution is 5.99. The molecule has 6 nitrogen and oxygen atoms in total. The van der Waals surface area contributed by atoms with E-state index in [0.29, 0.717) is 11.3 Å². The second-order valence-corrected chi connectivity index (χ2v) is 6.86. The Kier molecular flexibility index (Phi) is 4.53. The lowest BCUT2D eigenvalue weighted by atomic mass is 10.1. The number of benzene rings is 2. The number of rotatable bonds is 3. The molecule has 28 heavy (non-hydrogen) atoms. The SMILES string of the molecule is Cc1ccc2nc(C)c(C(=O)NNC(=O)Cc3c[nH]c4ccccc34)cc2c1. The van der Waals surface area contributed by atoms with Gasteiger partial charge in [-0.15, -0.1) is 0 Å². The molecule has 0 fully saturated rings. The van der Waals surface area contributed by atoms with E-state index in [1.807, 2.05) is 55.6 Å². The van der Waals surface area contributed by atoms with Gasteiger partial charge in [0.05, 0.1) is 23.2 Å². The van der Waals surface area contributed by atoms with Crippen LogP contribution in [-0.2, 0) is 11.2 Å². The van der Waals surface area contributed by atoms with Crippen molar-refractivity contribution >= 4 is 33.6 Å². The molecule has 0 radical (unpaired) electrons. The molecule has 2 heterocycles. The summed E-state index contributed by atoms with van der Waals surface area (Å²) < 4.78 is 0. The van der Waals surface area contributed by atoms with Crippen LogP contribution >= 0.6 is 0 Å². The lowest BCUT2D eigenvalue weighted by Gasteiger charge is -2.10. The van der Waals surface area contributed by atoms with Gasteiger partial charge in [-0.2, -0.15) is 0 Å². The zero-order valence-corrected chi connectivity index (χ0v) is 15.7. The summed E-state index contributed by atoms with van der Waals surface area (Å²) in [5.74, 6) is -0.680. The number of nitrogens with one attached hydrogen (secondary N) is 3. The number of hydrazine groups is 1. The summed E-state index contributed by atoms with van der Waals surface area (Å²) in [7, 11) is 0. The minimum absolute atomic E-state index is 0.165. The zero-order chi connectivity index (χ0) is 19.7. The highest BCUT2D eigenvalue weighted by Crippen LogP contribution is 2.19. The molecule has 140 valence electrons. The molecule has 0 unspecified atom stereocenters. The van der Waals surface area contributed by atoms with Gasteiger partial charge in [0.2, 0.25) is 5.91 Å². The van der Waals surface area contributed by atoms with E-state index in [-0.39, 0.29) is 18.2 Å².